The van der Waals surface area contributed by atoms with Crippen molar-refractivity contribution in [2.75, 3.05) is 43.4 Å². The van der Waals surface area contributed by atoms with Crippen LogP contribution >= 0.6 is 0 Å². The van der Waals surface area contributed by atoms with Crippen LogP contribution in [0.3, 0.4) is 0 Å². The summed E-state index contributed by atoms with van der Waals surface area (Å²) in [7, 11) is -3.34. The van der Waals surface area contributed by atoms with Gasteiger partial charge in [0.15, 0.2) is 0 Å². The van der Waals surface area contributed by atoms with Gasteiger partial charge in [0.2, 0.25) is 15.9 Å². The van der Waals surface area contributed by atoms with Crippen molar-refractivity contribution >= 4 is 27.5 Å². The van der Waals surface area contributed by atoms with E-state index in [-0.39, 0.29) is 24.1 Å². The summed E-state index contributed by atoms with van der Waals surface area (Å²) in [5, 5.41) is 2.78. The van der Waals surface area contributed by atoms with Crippen molar-refractivity contribution in [1.82, 2.24) is 14.5 Å². The van der Waals surface area contributed by atoms with Gasteiger partial charge in [-0.3, -0.25) is 14.5 Å². The second-order valence-electron chi connectivity index (χ2n) is 10.0. The first-order chi connectivity index (χ1) is 16.7. The molecule has 3 rings (SSSR count). The van der Waals surface area contributed by atoms with Gasteiger partial charge < -0.3 is 10.2 Å². The highest BCUT2D eigenvalue weighted by molar-refractivity contribution is 7.89. The highest BCUT2D eigenvalue weighted by Gasteiger charge is 2.25. The summed E-state index contributed by atoms with van der Waals surface area (Å²) in [6, 6.07) is 5.82. The number of rotatable bonds is 6. The molecule has 0 atom stereocenters. The Kier molecular flexibility index (Phi) is 10.1. The van der Waals surface area contributed by atoms with Crippen molar-refractivity contribution in [3.63, 3.8) is 0 Å². The van der Waals surface area contributed by atoms with Crippen LogP contribution in [0.2, 0.25) is 0 Å². The van der Waals surface area contributed by atoms with E-state index in [1.54, 1.807) is 13.0 Å². The minimum absolute atomic E-state index is 0.00345. The normalized spacial score (nSPS) is 19.1. The van der Waals surface area contributed by atoms with Crippen molar-refractivity contribution in [3.8, 4) is 0 Å². The molecule has 1 N–H and O–H groups in total. The van der Waals surface area contributed by atoms with Crippen molar-refractivity contribution in [2.24, 2.45) is 0 Å². The van der Waals surface area contributed by atoms with E-state index in [0.29, 0.717) is 37.8 Å². The number of carbonyl (C=O) groups excluding carboxylic acids is 2. The van der Waals surface area contributed by atoms with E-state index in [4.69, 9.17) is 0 Å². The molecular formula is C26H42N4O4S. The Hall–Kier alpha value is -1.97. The van der Waals surface area contributed by atoms with Crippen molar-refractivity contribution in [1.29, 1.82) is 0 Å². The Morgan fingerprint density at radius 2 is 1.57 bits per heavy atom. The second-order valence-corrected chi connectivity index (χ2v) is 12.1. The molecule has 0 spiro atoms. The van der Waals surface area contributed by atoms with E-state index in [0.717, 1.165) is 49.9 Å². The summed E-state index contributed by atoms with van der Waals surface area (Å²) in [4.78, 5) is 29.7. The fourth-order valence-corrected chi connectivity index (χ4v) is 6.34. The van der Waals surface area contributed by atoms with Crippen LogP contribution in [0.15, 0.2) is 18.2 Å². The molecule has 1 fully saturated rings. The lowest BCUT2D eigenvalue weighted by atomic mass is 10.0. The first kappa shape index (κ1) is 27.6. The van der Waals surface area contributed by atoms with Gasteiger partial charge in [0.05, 0.1) is 5.75 Å². The van der Waals surface area contributed by atoms with E-state index in [1.807, 2.05) is 17.0 Å². The molecule has 2 aliphatic heterocycles. The summed E-state index contributed by atoms with van der Waals surface area (Å²) >= 11 is 0. The molecule has 35 heavy (non-hydrogen) atoms. The molecule has 2 amide bonds. The third kappa shape index (κ3) is 7.75. The van der Waals surface area contributed by atoms with Gasteiger partial charge in [-0.25, -0.2) is 12.7 Å². The summed E-state index contributed by atoms with van der Waals surface area (Å²) in [5.74, 6) is -0.382. The molecular weight excluding hydrogens is 464 g/mol. The highest BCUT2D eigenvalue weighted by atomic mass is 32.2. The van der Waals surface area contributed by atoms with Crippen molar-refractivity contribution in [2.45, 2.75) is 78.3 Å². The molecule has 2 heterocycles. The van der Waals surface area contributed by atoms with Gasteiger partial charge >= 0.3 is 0 Å². The molecule has 196 valence electrons. The molecule has 1 saturated heterocycles. The predicted molar refractivity (Wildman–Crippen MR) is 140 cm³/mol. The fraction of sp³-hybridized carbons (Fsp3) is 0.692. The first-order valence-electron chi connectivity index (χ1n) is 13.1. The maximum atomic E-state index is 12.9. The van der Waals surface area contributed by atoms with Crippen LogP contribution in [0.5, 0.6) is 0 Å². The largest absolute Gasteiger partial charge is 0.351 e. The van der Waals surface area contributed by atoms with E-state index in [2.05, 4.69) is 24.1 Å². The maximum absolute atomic E-state index is 12.9. The highest BCUT2D eigenvalue weighted by Crippen LogP contribution is 2.26. The molecule has 0 radical (unpaired) electrons. The van der Waals surface area contributed by atoms with E-state index < -0.39 is 10.0 Å². The molecule has 2 aliphatic rings. The summed E-state index contributed by atoms with van der Waals surface area (Å²) in [6.07, 6.45) is 7.34. The lowest BCUT2D eigenvalue weighted by Crippen LogP contribution is -2.36. The number of hydrogen-bond acceptors (Lipinski definition) is 5. The van der Waals surface area contributed by atoms with Gasteiger partial charge in [0.25, 0.3) is 5.91 Å². The van der Waals surface area contributed by atoms with E-state index in [1.165, 1.54) is 17.1 Å². The number of anilines is 1. The van der Waals surface area contributed by atoms with Crippen LogP contribution in [0.4, 0.5) is 5.69 Å². The monoisotopic (exact) mass is 506 g/mol. The van der Waals surface area contributed by atoms with E-state index in [9.17, 15) is 18.0 Å². The fourth-order valence-electron chi connectivity index (χ4n) is 4.91. The Balaban J connectivity index is 1.79. The van der Waals surface area contributed by atoms with Crippen molar-refractivity contribution in [3.05, 3.63) is 29.3 Å². The van der Waals surface area contributed by atoms with Crippen LogP contribution in [0.1, 0.15) is 81.6 Å². The Labute approximate surface area is 211 Å². The number of hydrogen-bond donors (Lipinski definition) is 1. The van der Waals surface area contributed by atoms with Gasteiger partial charge in [-0.2, -0.15) is 0 Å². The molecule has 1 aromatic rings. The van der Waals surface area contributed by atoms with Gasteiger partial charge in [-0.1, -0.05) is 19.3 Å². The van der Waals surface area contributed by atoms with Gasteiger partial charge in [-0.05, 0) is 69.8 Å². The minimum Gasteiger partial charge on any atom is -0.351 e. The molecule has 0 unspecified atom stereocenters. The molecule has 0 bridgehead atoms. The molecule has 0 aromatic heterocycles. The van der Waals surface area contributed by atoms with Crippen LogP contribution in [-0.2, 0) is 21.4 Å². The standard InChI is InChI=1S/C26H42N4O4S/c1-21(2)28-14-7-5-4-6-8-17-30(22(3)31)25-12-11-23(19-24(25)20-28)26(32)27-13-18-35(33,34)29-15-9-10-16-29/h11-12,19,21H,4-10,13-18,20H2,1-3H3,(H,27,32). The lowest BCUT2D eigenvalue weighted by molar-refractivity contribution is -0.116. The zero-order valence-corrected chi connectivity index (χ0v) is 22.4. The zero-order valence-electron chi connectivity index (χ0n) is 21.6. The number of sulfonamides is 1. The third-order valence-corrected chi connectivity index (χ3v) is 8.92. The third-order valence-electron chi connectivity index (χ3n) is 7.05. The number of carbonyl (C=O) groups is 2. The molecule has 1 aromatic carbocycles. The Bertz CT molecular complexity index is 974. The molecule has 0 saturated carbocycles. The summed E-state index contributed by atoms with van der Waals surface area (Å²) < 4.78 is 26.4. The van der Waals surface area contributed by atoms with Crippen LogP contribution < -0.4 is 10.2 Å². The maximum Gasteiger partial charge on any atom is 0.251 e. The van der Waals surface area contributed by atoms with Crippen LogP contribution in [0, 0.1) is 0 Å². The van der Waals surface area contributed by atoms with Gasteiger partial charge in [0, 0.05) is 56.9 Å². The predicted octanol–water partition coefficient (Wildman–Crippen LogP) is 3.37. The molecule has 9 heteroatoms. The average Bonchev–Trinajstić information content (AvgIpc) is 3.35. The number of benzene rings is 1. The minimum atomic E-state index is -3.34. The molecule has 8 nitrogen and oxygen atoms in total. The van der Waals surface area contributed by atoms with Crippen LogP contribution in [0.25, 0.3) is 0 Å². The second kappa shape index (κ2) is 12.8. The zero-order chi connectivity index (χ0) is 25.4. The number of fused-ring (bicyclic) bond motifs is 1. The quantitative estimate of drug-likeness (QED) is 0.639. The Morgan fingerprint density at radius 3 is 2.23 bits per heavy atom. The smallest absolute Gasteiger partial charge is 0.251 e. The number of nitrogens with zero attached hydrogens (tertiary/aromatic N) is 3. The van der Waals surface area contributed by atoms with Crippen LogP contribution in [-0.4, -0.2) is 74.0 Å². The Morgan fingerprint density at radius 1 is 0.943 bits per heavy atom. The molecule has 0 aliphatic carbocycles. The number of amides is 2. The van der Waals surface area contributed by atoms with Gasteiger partial charge in [-0.15, -0.1) is 0 Å². The van der Waals surface area contributed by atoms with Crippen molar-refractivity contribution < 1.29 is 18.0 Å². The first-order valence-corrected chi connectivity index (χ1v) is 14.7. The number of nitrogens with one attached hydrogen (secondary N) is 1. The SMILES string of the molecule is CC(=O)N1CCCCCCCN(C(C)C)Cc2cc(C(=O)NCCS(=O)(=O)N3CCCC3)ccc21. The lowest BCUT2D eigenvalue weighted by Gasteiger charge is -2.31. The average molecular weight is 507 g/mol. The van der Waals surface area contributed by atoms with E-state index >= 15 is 0 Å². The summed E-state index contributed by atoms with van der Waals surface area (Å²) in [6.45, 7) is 9.45. The summed E-state index contributed by atoms with van der Waals surface area (Å²) in [5.41, 5.74) is 2.30. The van der Waals surface area contributed by atoms with Gasteiger partial charge in [0.1, 0.15) is 0 Å². The topological polar surface area (TPSA) is 90.0 Å².